The van der Waals surface area contributed by atoms with E-state index < -0.39 is 0 Å². The average molecular weight is 294 g/mol. The number of fused-ring (bicyclic) bond motifs is 1. The number of morpholine rings is 1. The number of rotatable bonds is 5. The lowest BCUT2D eigenvalue weighted by atomic mass is 10.0. The quantitative estimate of drug-likeness (QED) is 0.903. The molecule has 2 saturated heterocycles. The Morgan fingerprint density at radius 2 is 2.45 bits per heavy atom. The van der Waals surface area contributed by atoms with E-state index in [1.807, 2.05) is 11.3 Å². The maximum Gasteiger partial charge on any atom is 0.0897 e. The Hall–Kier alpha value is -0.420. The zero-order valence-electron chi connectivity index (χ0n) is 12.6. The molecule has 0 amide bonds. The van der Waals surface area contributed by atoms with Crippen LogP contribution in [0.4, 0.5) is 0 Å². The molecule has 4 heteroatoms. The molecule has 112 valence electrons. The molecule has 20 heavy (non-hydrogen) atoms. The van der Waals surface area contributed by atoms with Crippen LogP contribution >= 0.6 is 11.3 Å². The number of thiophene rings is 1. The molecule has 0 aromatic carbocycles. The fourth-order valence-electron chi connectivity index (χ4n) is 3.44. The molecule has 1 aromatic heterocycles. The van der Waals surface area contributed by atoms with Gasteiger partial charge in [-0.05, 0) is 56.3 Å². The Bertz CT molecular complexity index is 434. The summed E-state index contributed by atoms with van der Waals surface area (Å²) >= 11 is 1.84. The maximum absolute atomic E-state index is 6.22. The number of hydrogen-bond donors (Lipinski definition) is 1. The predicted molar refractivity (Wildman–Crippen MR) is 84.4 cm³/mol. The van der Waals surface area contributed by atoms with Crippen LogP contribution < -0.4 is 5.32 Å². The summed E-state index contributed by atoms with van der Waals surface area (Å²) in [6.07, 6.45) is 4.12. The van der Waals surface area contributed by atoms with Gasteiger partial charge in [-0.15, -0.1) is 11.3 Å². The highest BCUT2D eigenvalue weighted by molar-refractivity contribution is 7.10. The van der Waals surface area contributed by atoms with Crippen LogP contribution in [0.1, 0.15) is 42.7 Å². The van der Waals surface area contributed by atoms with E-state index in [0.717, 1.165) is 19.7 Å². The zero-order chi connectivity index (χ0) is 13.9. The van der Waals surface area contributed by atoms with Gasteiger partial charge < -0.3 is 10.1 Å². The molecule has 3 heterocycles. The molecule has 3 rings (SSSR count). The molecule has 1 N–H and O–H groups in total. The largest absolute Gasteiger partial charge is 0.373 e. The van der Waals surface area contributed by atoms with Crippen LogP contribution in [0, 0.1) is 6.92 Å². The van der Waals surface area contributed by atoms with Crippen molar-refractivity contribution < 1.29 is 4.74 Å². The predicted octanol–water partition coefficient (Wildman–Crippen LogP) is 2.96. The second-order valence-electron chi connectivity index (χ2n) is 6.09. The molecule has 0 spiro atoms. The maximum atomic E-state index is 6.22. The molecule has 0 aliphatic carbocycles. The van der Waals surface area contributed by atoms with Crippen LogP contribution in [0.2, 0.25) is 0 Å². The third-order valence-corrected chi connectivity index (χ3v) is 5.39. The van der Waals surface area contributed by atoms with Gasteiger partial charge in [-0.2, -0.15) is 0 Å². The van der Waals surface area contributed by atoms with Gasteiger partial charge in [0.2, 0.25) is 0 Å². The molecular weight excluding hydrogens is 268 g/mol. The van der Waals surface area contributed by atoms with E-state index in [2.05, 4.69) is 35.5 Å². The van der Waals surface area contributed by atoms with Crippen LogP contribution in [-0.2, 0) is 4.74 Å². The van der Waals surface area contributed by atoms with Gasteiger partial charge in [0.15, 0.2) is 0 Å². The van der Waals surface area contributed by atoms with E-state index in [9.17, 15) is 0 Å². The first-order valence-electron chi connectivity index (χ1n) is 7.92. The molecule has 2 aliphatic heterocycles. The highest BCUT2D eigenvalue weighted by Gasteiger charge is 2.36. The fourth-order valence-corrected chi connectivity index (χ4v) is 4.18. The smallest absolute Gasteiger partial charge is 0.0897 e. The van der Waals surface area contributed by atoms with E-state index in [1.165, 1.54) is 36.2 Å². The Morgan fingerprint density at radius 1 is 1.55 bits per heavy atom. The number of hydrogen-bond acceptors (Lipinski definition) is 4. The van der Waals surface area contributed by atoms with Crippen molar-refractivity contribution in [3.05, 3.63) is 21.9 Å². The van der Waals surface area contributed by atoms with E-state index >= 15 is 0 Å². The van der Waals surface area contributed by atoms with Crippen molar-refractivity contribution in [3.8, 4) is 0 Å². The second-order valence-corrected chi connectivity index (χ2v) is 7.20. The Labute approximate surface area is 126 Å². The van der Waals surface area contributed by atoms with Crippen molar-refractivity contribution in [2.75, 3.05) is 26.2 Å². The lowest BCUT2D eigenvalue weighted by molar-refractivity contribution is -0.0651. The lowest BCUT2D eigenvalue weighted by Crippen LogP contribution is -2.50. The monoisotopic (exact) mass is 294 g/mol. The number of nitrogens with one attached hydrogen (secondary N) is 1. The first-order chi connectivity index (χ1) is 9.78. The van der Waals surface area contributed by atoms with E-state index in [0.29, 0.717) is 18.2 Å². The van der Waals surface area contributed by atoms with Crippen LogP contribution in [0.15, 0.2) is 11.4 Å². The molecule has 2 aliphatic rings. The summed E-state index contributed by atoms with van der Waals surface area (Å²) < 4.78 is 6.22. The first kappa shape index (κ1) is 14.5. The summed E-state index contributed by atoms with van der Waals surface area (Å²) in [6, 6.07) is 3.35. The van der Waals surface area contributed by atoms with E-state index in [4.69, 9.17) is 4.74 Å². The van der Waals surface area contributed by atoms with Crippen molar-refractivity contribution >= 4 is 11.3 Å². The molecular formula is C16H26N2OS. The van der Waals surface area contributed by atoms with Crippen molar-refractivity contribution in [2.45, 2.75) is 51.3 Å². The fraction of sp³-hybridized carbons (Fsp3) is 0.750. The highest BCUT2D eigenvalue weighted by atomic mass is 32.1. The molecule has 2 fully saturated rings. The Balaban J connectivity index is 1.71. The van der Waals surface area contributed by atoms with Crippen LogP contribution in [0.3, 0.4) is 0 Å². The van der Waals surface area contributed by atoms with Gasteiger partial charge >= 0.3 is 0 Å². The third kappa shape index (κ3) is 3.08. The molecule has 0 bridgehead atoms. The molecule has 3 nitrogen and oxygen atoms in total. The van der Waals surface area contributed by atoms with Crippen LogP contribution in [0.25, 0.3) is 0 Å². The number of aryl methyl sites for hydroxylation is 1. The van der Waals surface area contributed by atoms with Gasteiger partial charge in [0.1, 0.15) is 0 Å². The SMILES string of the molecule is CCCNC(c1csc(C)c1)C1CN2CCCC2CO1. The summed E-state index contributed by atoms with van der Waals surface area (Å²) in [5.74, 6) is 0. The zero-order valence-corrected chi connectivity index (χ0v) is 13.4. The molecule has 0 saturated carbocycles. The molecule has 0 radical (unpaired) electrons. The van der Waals surface area contributed by atoms with Gasteiger partial charge in [0.25, 0.3) is 0 Å². The summed E-state index contributed by atoms with van der Waals surface area (Å²) in [5, 5.41) is 6.00. The van der Waals surface area contributed by atoms with Crippen LogP contribution in [-0.4, -0.2) is 43.3 Å². The van der Waals surface area contributed by atoms with Crippen molar-refractivity contribution in [2.24, 2.45) is 0 Å². The minimum atomic E-state index is 0.296. The van der Waals surface area contributed by atoms with E-state index in [1.54, 1.807) is 0 Å². The molecule has 3 atom stereocenters. The van der Waals surface area contributed by atoms with Gasteiger partial charge in [-0.1, -0.05) is 6.92 Å². The van der Waals surface area contributed by atoms with Crippen molar-refractivity contribution in [1.82, 2.24) is 10.2 Å². The minimum Gasteiger partial charge on any atom is -0.373 e. The molecule has 3 unspecified atom stereocenters. The summed E-state index contributed by atoms with van der Waals surface area (Å²) in [7, 11) is 0. The summed E-state index contributed by atoms with van der Waals surface area (Å²) in [5.41, 5.74) is 1.41. The van der Waals surface area contributed by atoms with E-state index in [-0.39, 0.29) is 0 Å². The summed E-state index contributed by atoms with van der Waals surface area (Å²) in [4.78, 5) is 4.02. The van der Waals surface area contributed by atoms with Gasteiger partial charge in [0.05, 0.1) is 18.8 Å². The van der Waals surface area contributed by atoms with Crippen molar-refractivity contribution in [1.29, 1.82) is 0 Å². The summed E-state index contributed by atoms with van der Waals surface area (Å²) in [6.45, 7) is 8.72. The Morgan fingerprint density at radius 3 is 3.20 bits per heavy atom. The standard InChI is InChI=1S/C16H26N2OS/c1-3-6-17-16(13-8-12(2)20-11-13)15-9-18-7-4-5-14(18)10-19-15/h8,11,14-17H,3-7,9-10H2,1-2H3. The highest BCUT2D eigenvalue weighted by Crippen LogP contribution is 2.30. The average Bonchev–Trinajstić information content (AvgIpc) is 3.07. The van der Waals surface area contributed by atoms with Gasteiger partial charge in [-0.3, -0.25) is 4.90 Å². The topological polar surface area (TPSA) is 24.5 Å². The first-order valence-corrected chi connectivity index (χ1v) is 8.80. The van der Waals surface area contributed by atoms with Crippen LogP contribution in [0.5, 0.6) is 0 Å². The second kappa shape index (κ2) is 6.56. The Kier molecular flexibility index (Phi) is 4.76. The van der Waals surface area contributed by atoms with Crippen molar-refractivity contribution in [3.63, 3.8) is 0 Å². The number of nitrogens with zero attached hydrogens (tertiary/aromatic N) is 1. The minimum absolute atomic E-state index is 0.296. The van der Waals surface area contributed by atoms with Gasteiger partial charge in [-0.25, -0.2) is 0 Å². The number of ether oxygens (including phenoxy) is 1. The normalized spacial score (nSPS) is 28.5. The third-order valence-electron chi connectivity index (χ3n) is 4.51. The lowest BCUT2D eigenvalue weighted by Gasteiger charge is -2.39. The van der Waals surface area contributed by atoms with Gasteiger partial charge in [0, 0.05) is 17.5 Å². The molecule has 1 aromatic rings.